The average Bonchev–Trinajstić information content (AvgIpc) is 2.80. The third kappa shape index (κ3) is 2.99. The van der Waals surface area contributed by atoms with Gasteiger partial charge < -0.3 is 5.32 Å². The van der Waals surface area contributed by atoms with Crippen LogP contribution in [0.4, 0.5) is 5.69 Å². The van der Waals surface area contributed by atoms with Gasteiger partial charge in [0.1, 0.15) is 4.90 Å². The molecule has 1 aromatic rings. The Labute approximate surface area is 122 Å². The van der Waals surface area contributed by atoms with Gasteiger partial charge in [-0.1, -0.05) is 32.4 Å². The number of hydrogen-bond donors (Lipinski definition) is 2. The van der Waals surface area contributed by atoms with Crippen LogP contribution >= 0.6 is 0 Å². The zero-order valence-electron chi connectivity index (χ0n) is 12.4. The van der Waals surface area contributed by atoms with Crippen molar-refractivity contribution < 1.29 is 8.42 Å². The second-order valence-electron chi connectivity index (χ2n) is 5.56. The fraction of sp³-hybridized carbons (Fsp3) is 0.600. The van der Waals surface area contributed by atoms with Crippen LogP contribution < -0.4 is 10.0 Å². The summed E-state index contributed by atoms with van der Waals surface area (Å²) in [4.78, 5) is 0.328. The van der Waals surface area contributed by atoms with Crippen molar-refractivity contribution in [1.29, 1.82) is 0 Å². The molecule has 0 heterocycles. The summed E-state index contributed by atoms with van der Waals surface area (Å²) in [6, 6.07) is 7.46. The molecule has 5 heteroatoms. The van der Waals surface area contributed by atoms with Gasteiger partial charge in [0.05, 0.1) is 5.69 Å². The molecule has 0 radical (unpaired) electrons. The van der Waals surface area contributed by atoms with Crippen LogP contribution in [0.15, 0.2) is 29.2 Å². The molecule has 112 valence electrons. The molecule has 2 N–H and O–H groups in total. The number of hydrogen-bond acceptors (Lipinski definition) is 3. The minimum absolute atomic E-state index is 0.328. The van der Waals surface area contributed by atoms with Crippen LogP contribution in [0, 0.1) is 11.8 Å². The highest BCUT2D eigenvalue weighted by molar-refractivity contribution is 7.89. The Balaban J connectivity index is 2.23. The first kappa shape index (κ1) is 15.3. The van der Waals surface area contributed by atoms with Crippen LogP contribution in [0.5, 0.6) is 0 Å². The molecule has 1 aromatic carbocycles. The largest absolute Gasteiger partial charge is 0.381 e. The lowest BCUT2D eigenvalue weighted by atomic mass is 9.93. The van der Waals surface area contributed by atoms with Gasteiger partial charge in [-0.3, -0.25) is 0 Å². The number of anilines is 1. The van der Waals surface area contributed by atoms with E-state index in [0.717, 1.165) is 12.3 Å². The Kier molecular flexibility index (Phi) is 4.70. The lowest BCUT2D eigenvalue weighted by molar-refractivity contribution is 0.391. The Morgan fingerprint density at radius 3 is 2.55 bits per heavy atom. The van der Waals surface area contributed by atoms with Crippen LogP contribution in [0.2, 0.25) is 0 Å². The van der Waals surface area contributed by atoms with Gasteiger partial charge in [-0.25, -0.2) is 13.1 Å². The summed E-state index contributed by atoms with van der Waals surface area (Å²) in [7, 11) is -1.98. The molecule has 20 heavy (non-hydrogen) atoms. The van der Waals surface area contributed by atoms with Gasteiger partial charge in [0.25, 0.3) is 0 Å². The second kappa shape index (κ2) is 6.14. The van der Waals surface area contributed by atoms with Gasteiger partial charge in [0.2, 0.25) is 10.0 Å². The molecule has 0 aliphatic heterocycles. The minimum Gasteiger partial charge on any atom is -0.381 e. The first-order valence-electron chi connectivity index (χ1n) is 7.28. The molecule has 3 unspecified atom stereocenters. The van der Waals surface area contributed by atoms with E-state index in [0.29, 0.717) is 22.5 Å². The lowest BCUT2D eigenvalue weighted by Crippen LogP contribution is -2.27. The summed E-state index contributed by atoms with van der Waals surface area (Å²) < 4.78 is 26.5. The zero-order valence-corrected chi connectivity index (χ0v) is 13.2. The smallest absolute Gasteiger partial charge is 0.242 e. The van der Waals surface area contributed by atoms with Crippen LogP contribution in [0.25, 0.3) is 0 Å². The molecular formula is C15H24N2O2S. The third-order valence-corrected chi connectivity index (χ3v) is 6.01. The van der Waals surface area contributed by atoms with Gasteiger partial charge >= 0.3 is 0 Å². The quantitative estimate of drug-likeness (QED) is 0.878. The molecule has 0 aromatic heterocycles. The maximum absolute atomic E-state index is 12.0. The van der Waals surface area contributed by atoms with E-state index in [-0.39, 0.29) is 0 Å². The zero-order chi connectivity index (χ0) is 14.8. The molecule has 1 aliphatic carbocycles. The second-order valence-corrected chi connectivity index (χ2v) is 7.41. The minimum atomic E-state index is -3.42. The number of sulfonamides is 1. The van der Waals surface area contributed by atoms with E-state index in [4.69, 9.17) is 0 Å². The van der Waals surface area contributed by atoms with Crippen LogP contribution in [0.1, 0.15) is 33.1 Å². The standard InChI is InChI=1S/C15H24N2O2S/c1-4-12-9-10-13(11(12)2)17-14-7-5-6-8-15(14)20(18,19)16-3/h5-8,11-13,16-17H,4,9-10H2,1-3H3. The summed E-state index contributed by atoms with van der Waals surface area (Å²) in [5.74, 6) is 1.31. The predicted octanol–water partition coefficient (Wildman–Crippen LogP) is 2.83. The molecule has 0 saturated heterocycles. The molecule has 0 spiro atoms. The fourth-order valence-corrected chi connectivity index (χ4v) is 4.05. The monoisotopic (exact) mass is 296 g/mol. The highest BCUT2D eigenvalue weighted by atomic mass is 32.2. The van der Waals surface area contributed by atoms with Crippen LogP contribution in [-0.2, 0) is 10.0 Å². The first-order valence-corrected chi connectivity index (χ1v) is 8.77. The van der Waals surface area contributed by atoms with E-state index < -0.39 is 10.0 Å². The van der Waals surface area contributed by atoms with E-state index >= 15 is 0 Å². The highest BCUT2D eigenvalue weighted by Gasteiger charge is 2.32. The molecule has 1 aliphatic rings. The summed E-state index contributed by atoms with van der Waals surface area (Å²) in [5.41, 5.74) is 0.704. The number of rotatable bonds is 5. The molecule has 2 rings (SSSR count). The van der Waals surface area contributed by atoms with E-state index in [2.05, 4.69) is 23.9 Å². The Morgan fingerprint density at radius 2 is 1.95 bits per heavy atom. The third-order valence-electron chi connectivity index (χ3n) is 4.54. The number of benzene rings is 1. The van der Waals surface area contributed by atoms with E-state index in [1.165, 1.54) is 19.9 Å². The first-order chi connectivity index (χ1) is 9.49. The average molecular weight is 296 g/mol. The van der Waals surface area contributed by atoms with E-state index in [1.54, 1.807) is 12.1 Å². The van der Waals surface area contributed by atoms with Gasteiger partial charge in [-0.2, -0.15) is 0 Å². The van der Waals surface area contributed by atoms with Gasteiger partial charge in [0.15, 0.2) is 0 Å². The predicted molar refractivity (Wildman–Crippen MR) is 82.3 cm³/mol. The number of nitrogens with one attached hydrogen (secondary N) is 2. The fourth-order valence-electron chi connectivity index (χ4n) is 3.16. The van der Waals surface area contributed by atoms with Crippen molar-refractivity contribution in [3.8, 4) is 0 Å². The van der Waals surface area contributed by atoms with Crippen LogP contribution in [-0.4, -0.2) is 21.5 Å². The van der Waals surface area contributed by atoms with Crippen molar-refractivity contribution >= 4 is 15.7 Å². The van der Waals surface area contributed by atoms with Crippen LogP contribution in [0.3, 0.4) is 0 Å². The van der Waals surface area contributed by atoms with Gasteiger partial charge in [-0.05, 0) is 43.9 Å². The molecule has 3 atom stereocenters. The SMILES string of the molecule is CCC1CCC(Nc2ccccc2S(=O)(=O)NC)C1C. The molecule has 0 bridgehead atoms. The molecule has 1 fully saturated rings. The Bertz CT molecular complexity index is 557. The van der Waals surface area contributed by atoms with Gasteiger partial charge in [-0.15, -0.1) is 0 Å². The van der Waals surface area contributed by atoms with E-state index in [1.807, 2.05) is 12.1 Å². The van der Waals surface area contributed by atoms with Gasteiger partial charge in [0, 0.05) is 6.04 Å². The lowest BCUT2D eigenvalue weighted by Gasteiger charge is -2.23. The summed E-state index contributed by atoms with van der Waals surface area (Å²) in [6.45, 7) is 4.48. The van der Waals surface area contributed by atoms with Crippen molar-refractivity contribution in [3.05, 3.63) is 24.3 Å². The van der Waals surface area contributed by atoms with E-state index in [9.17, 15) is 8.42 Å². The summed E-state index contributed by atoms with van der Waals surface area (Å²) in [5, 5.41) is 3.44. The topological polar surface area (TPSA) is 58.2 Å². The maximum Gasteiger partial charge on any atom is 0.242 e. The molecule has 4 nitrogen and oxygen atoms in total. The summed E-state index contributed by atoms with van der Waals surface area (Å²) >= 11 is 0. The van der Waals surface area contributed by atoms with Crippen molar-refractivity contribution in [1.82, 2.24) is 4.72 Å². The van der Waals surface area contributed by atoms with Crippen molar-refractivity contribution in [3.63, 3.8) is 0 Å². The number of para-hydroxylation sites is 1. The highest BCUT2D eigenvalue weighted by Crippen LogP contribution is 2.36. The van der Waals surface area contributed by atoms with Crippen molar-refractivity contribution in [2.24, 2.45) is 11.8 Å². The molecule has 0 amide bonds. The summed E-state index contributed by atoms with van der Waals surface area (Å²) in [6.07, 6.45) is 3.51. The van der Waals surface area contributed by atoms with Crippen molar-refractivity contribution in [2.75, 3.05) is 12.4 Å². The Hall–Kier alpha value is -1.07. The molecule has 1 saturated carbocycles. The maximum atomic E-state index is 12.0. The Morgan fingerprint density at radius 1 is 1.25 bits per heavy atom. The molecular weight excluding hydrogens is 272 g/mol. The normalized spacial score (nSPS) is 26.6. The van der Waals surface area contributed by atoms with Crippen molar-refractivity contribution in [2.45, 2.75) is 44.0 Å².